The highest BCUT2D eigenvalue weighted by Crippen LogP contribution is 2.43. The highest BCUT2D eigenvalue weighted by atomic mass is 16.5. The molecule has 1 saturated carbocycles. The summed E-state index contributed by atoms with van der Waals surface area (Å²) >= 11 is 0. The van der Waals surface area contributed by atoms with Crippen molar-refractivity contribution in [2.24, 2.45) is 11.8 Å². The smallest absolute Gasteiger partial charge is 0.270 e. The van der Waals surface area contributed by atoms with Gasteiger partial charge in [0.1, 0.15) is 5.75 Å². The maximum Gasteiger partial charge on any atom is 0.270 e. The maximum atomic E-state index is 14.0. The third-order valence-electron chi connectivity index (χ3n) is 8.40. The number of benzene rings is 1. The minimum absolute atomic E-state index is 0.0571. The van der Waals surface area contributed by atoms with E-state index in [0.717, 1.165) is 44.6 Å². The molecule has 3 amide bonds. The molecule has 2 atom stereocenters. The molecule has 0 spiro atoms. The van der Waals surface area contributed by atoms with Gasteiger partial charge in [0.05, 0.1) is 11.6 Å². The average Bonchev–Trinajstić information content (AvgIpc) is 3.77. The molecule has 40 heavy (non-hydrogen) atoms. The number of amides is 3. The Kier molecular flexibility index (Phi) is 8.97. The zero-order valence-electron chi connectivity index (χ0n) is 24.1. The quantitative estimate of drug-likeness (QED) is 0.427. The van der Waals surface area contributed by atoms with Crippen LogP contribution >= 0.6 is 0 Å². The first-order valence-corrected chi connectivity index (χ1v) is 14.8. The van der Waals surface area contributed by atoms with Crippen LogP contribution in [0.1, 0.15) is 58.8 Å². The molecular weight excluding hydrogens is 512 g/mol. The van der Waals surface area contributed by atoms with Crippen molar-refractivity contribution >= 4 is 29.1 Å². The van der Waals surface area contributed by atoms with Gasteiger partial charge in [-0.15, -0.1) is 0 Å². The predicted molar refractivity (Wildman–Crippen MR) is 152 cm³/mol. The number of ether oxygens (including phenoxy) is 3. The molecule has 220 valence electrons. The summed E-state index contributed by atoms with van der Waals surface area (Å²) in [4.78, 5) is 43.7. The van der Waals surface area contributed by atoms with Crippen molar-refractivity contribution in [3.8, 4) is 5.75 Å². The summed E-state index contributed by atoms with van der Waals surface area (Å²) in [6.45, 7) is 7.32. The number of carbonyl (C=O) groups excluding carboxylic acids is 3. The molecule has 3 heterocycles. The van der Waals surface area contributed by atoms with Crippen molar-refractivity contribution in [2.75, 3.05) is 56.4 Å². The van der Waals surface area contributed by atoms with Crippen LogP contribution in [0.4, 0.5) is 11.4 Å². The molecule has 3 aliphatic heterocycles. The Bertz CT molecular complexity index is 1080. The van der Waals surface area contributed by atoms with Crippen molar-refractivity contribution in [2.45, 2.75) is 76.5 Å². The van der Waals surface area contributed by atoms with Crippen LogP contribution in [0.25, 0.3) is 0 Å². The van der Waals surface area contributed by atoms with Gasteiger partial charge < -0.3 is 34.6 Å². The first-order chi connectivity index (χ1) is 19.3. The van der Waals surface area contributed by atoms with Crippen LogP contribution < -0.4 is 25.2 Å². The summed E-state index contributed by atoms with van der Waals surface area (Å²) in [6.07, 6.45) is 5.57. The summed E-state index contributed by atoms with van der Waals surface area (Å²) in [5.74, 6) is 0.782. The van der Waals surface area contributed by atoms with E-state index in [2.05, 4.69) is 10.6 Å². The third-order valence-corrected chi connectivity index (χ3v) is 8.40. The highest BCUT2D eigenvalue weighted by Gasteiger charge is 2.43. The second-order valence-corrected chi connectivity index (χ2v) is 12.1. The Labute approximate surface area is 237 Å². The second kappa shape index (κ2) is 12.4. The molecule has 1 aliphatic carbocycles. The number of hydrogen-bond acceptors (Lipinski definition) is 7. The second-order valence-electron chi connectivity index (χ2n) is 12.1. The van der Waals surface area contributed by atoms with Gasteiger partial charge in [0.15, 0.2) is 5.60 Å². The minimum Gasteiger partial charge on any atom is -0.476 e. The van der Waals surface area contributed by atoms with Crippen LogP contribution in [0.2, 0.25) is 0 Å². The lowest BCUT2D eigenvalue weighted by molar-refractivity contribution is -0.132. The molecule has 1 aromatic carbocycles. The number of anilines is 2. The van der Waals surface area contributed by atoms with Crippen LogP contribution in [0.5, 0.6) is 5.75 Å². The molecule has 3 fully saturated rings. The van der Waals surface area contributed by atoms with Crippen LogP contribution in [0.3, 0.4) is 0 Å². The first-order valence-electron chi connectivity index (χ1n) is 14.8. The molecule has 0 bridgehead atoms. The number of methoxy groups -OCH3 is 1. The fourth-order valence-corrected chi connectivity index (χ4v) is 6.08. The van der Waals surface area contributed by atoms with Crippen LogP contribution in [0.15, 0.2) is 18.2 Å². The summed E-state index contributed by atoms with van der Waals surface area (Å²) in [7, 11) is 1.65. The van der Waals surface area contributed by atoms with E-state index in [4.69, 9.17) is 14.2 Å². The monoisotopic (exact) mass is 556 g/mol. The molecule has 1 aromatic rings. The number of carbonyl (C=O) groups is 3. The van der Waals surface area contributed by atoms with E-state index in [1.54, 1.807) is 25.9 Å². The number of piperidine rings is 1. The van der Waals surface area contributed by atoms with E-state index in [1.165, 1.54) is 0 Å². The number of nitrogens with one attached hydrogen (secondary N) is 2. The van der Waals surface area contributed by atoms with E-state index >= 15 is 0 Å². The van der Waals surface area contributed by atoms with E-state index in [9.17, 15) is 14.4 Å². The van der Waals surface area contributed by atoms with Gasteiger partial charge in [-0.05, 0) is 76.5 Å². The number of rotatable bonds is 10. The fraction of sp³-hybridized carbons (Fsp3) is 0.700. The van der Waals surface area contributed by atoms with Gasteiger partial charge in [-0.1, -0.05) is 0 Å². The maximum absolute atomic E-state index is 14.0. The lowest BCUT2D eigenvalue weighted by atomic mass is 9.92. The molecule has 0 radical (unpaired) electrons. The van der Waals surface area contributed by atoms with Crippen LogP contribution in [-0.4, -0.2) is 82.0 Å². The Hall–Kier alpha value is -2.69. The Morgan fingerprint density at radius 3 is 2.67 bits per heavy atom. The topological polar surface area (TPSA) is 109 Å². The average molecular weight is 557 g/mol. The summed E-state index contributed by atoms with van der Waals surface area (Å²) in [6, 6.07) is 5.80. The minimum atomic E-state index is -0.967. The normalized spacial score (nSPS) is 24.7. The van der Waals surface area contributed by atoms with Gasteiger partial charge in [0, 0.05) is 70.8 Å². The van der Waals surface area contributed by atoms with E-state index in [-0.39, 0.29) is 35.7 Å². The Morgan fingerprint density at radius 1 is 1.18 bits per heavy atom. The lowest BCUT2D eigenvalue weighted by Gasteiger charge is -2.40. The zero-order chi connectivity index (χ0) is 28.3. The van der Waals surface area contributed by atoms with Crippen molar-refractivity contribution in [3.05, 3.63) is 18.2 Å². The van der Waals surface area contributed by atoms with Crippen molar-refractivity contribution in [3.63, 3.8) is 0 Å². The van der Waals surface area contributed by atoms with Gasteiger partial charge >= 0.3 is 0 Å². The largest absolute Gasteiger partial charge is 0.476 e. The Morgan fingerprint density at radius 2 is 1.95 bits per heavy atom. The molecule has 0 aromatic heterocycles. The predicted octanol–water partition coefficient (Wildman–Crippen LogP) is 2.63. The van der Waals surface area contributed by atoms with Gasteiger partial charge in [0.25, 0.3) is 5.91 Å². The first kappa shape index (κ1) is 28.8. The molecule has 10 heteroatoms. The van der Waals surface area contributed by atoms with Gasteiger partial charge in [0.2, 0.25) is 11.8 Å². The van der Waals surface area contributed by atoms with Crippen LogP contribution in [0, 0.1) is 11.8 Å². The number of nitrogens with zero attached hydrogens (tertiary/aromatic N) is 2. The zero-order valence-corrected chi connectivity index (χ0v) is 24.1. The summed E-state index contributed by atoms with van der Waals surface area (Å²) in [5, 5.41) is 6.55. The van der Waals surface area contributed by atoms with Crippen molar-refractivity contribution in [1.29, 1.82) is 0 Å². The standard InChI is InChI=1S/C30H44N4O6/c1-30(2)29(37)33(11-4-12-38-3)25-17-24(7-8-26(25)40-30)34(23-5-6-23)28(36)21-16-22(19-31-18-21)32-27(35)15-20-9-13-39-14-10-20/h7-8,17,20-23,31H,4-6,9-16,18-19H2,1-3H3,(H,32,35)/t21?,22-/m0/s1. The summed E-state index contributed by atoms with van der Waals surface area (Å²) < 4.78 is 16.7. The van der Waals surface area contributed by atoms with Gasteiger partial charge in [-0.2, -0.15) is 0 Å². The lowest BCUT2D eigenvalue weighted by Crippen LogP contribution is -2.54. The van der Waals surface area contributed by atoms with E-state index in [0.29, 0.717) is 62.9 Å². The van der Waals surface area contributed by atoms with E-state index in [1.807, 2.05) is 23.1 Å². The number of hydrogen-bond donors (Lipinski definition) is 2. The SMILES string of the molecule is COCCCN1C(=O)C(C)(C)Oc2ccc(N(C(=O)C3CNC[C@@H](NC(=O)CC4CCOCC4)C3)C3CC3)cc21. The molecule has 1 unspecified atom stereocenters. The third kappa shape index (κ3) is 6.61. The van der Waals surface area contributed by atoms with Gasteiger partial charge in [-0.3, -0.25) is 14.4 Å². The van der Waals surface area contributed by atoms with Crippen molar-refractivity contribution < 1.29 is 28.6 Å². The Balaban J connectivity index is 1.29. The molecule has 10 nitrogen and oxygen atoms in total. The molecule has 5 rings (SSSR count). The number of fused-ring (bicyclic) bond motifs is 1. The highest BCUT2D eigenvalue weighted by molar-refractivity contribution is 6.04. The molecule has 2 saturated heterocycles. The van der Waals surface area contributed by atoms with E-state index < -0.39 is 5.60 Å². The van der Waals surface area contributed by atoms with Crippen molar-refractivity contribution in [1.82, 2.24) is 10.6 Å². The molecule has 2 N–H and O–H groups in total. The molecular formula is C30H44N4O6. The molecule has 4 aliphatic rings. The van der Waals surface area contributed by atoms with Crippen LogP contribution in [-0.2, 0) is 23.9 Å². The fourth-order valence-electron chi connectivity index (χ4n) is 6.08. The summed E-state index contributed by atoms with van der Waals surface area (Å²) in [5.41, 5.74) is 0.507. The van der Waals surface area contributed by atoms with Gasteiger partial charge in [-0.25, -0.2) is 0 Å².